The van der Waals surface area contributed by atoms with E-state index in [1.807, 2.05) is 6.92 Å². The Morgan fingerprint density at radius 2 is 2.05 bits per heavy atom. The Labute approximate surface area is 121 Å². The smallest absolute Gasteiger partial charge is 0.387 e. The van der Waals surface area contributed by atoms with Gasteiger partial charge in [0.1, 0.15) is 0 Å². The Kier molecular flexibility index (Phi) is 4.62. The van der Waals surface area contributed by atoms with E-state index in [-0.39, 0.29) is 29.6 Å². The fourth-order valence-corrected chi connectivity index (χ4v) is 1.99. The fourth-order valence-electron chi connectivity index (χ4n) is 1.99. The van der Waals surface area contributed by atoms with Crippen LogP contribution in [0.2, 0.25) is 0 Å². The van der Waals surface area contributed by atoms with Crippen LogP contribution in [-0.2, 0) is 9.53 Å². The number of rotatable bonds is 6. The van der Waals surface area contributed by atoms with Crippen LogP contribution >= 0.6 is 0 Å². The highest BCUT2D eigenvalue weighted by molar-refractivity contribution is 5.83. The maximum absolute atomic E-state index is 12.3. The van der Waals surface area contributed by atoms with Gasteiger partial charge in [0.25, 0.3) is 5.91 Å². The predicted molar refractivity (Wildman–Crippen MR) is 70.5 cm³/mol. The van der Waals surface area contributed by atoms with Crippen LogP contribution in [0.5, 0.6) is 11.5 Å². The normalized spacial score (nSPS) is 21.8. The number of carbonyl (C=O) groups is 1. The maximum atomic E-state index is 12.3. The third kappa shape index (κ3) is 3.81. The van der Waals surface area contributed by atoms with Crippen molar-refractivity contribution in [2.45, 2.75) is 38.7 Å². The second kappa shape index (κ2) is 6.26. The predicted octanol–water partition coefficient (Wildman–Crippen LogP) is 2.26. The van der Waals surface area contributed by atoms with Gasteiger partial charge in [-0.25, -0.2) is 0 Å². The van der Waals surface area contributed by atoms with Crippen molar-refractivity contribution in [3.8, 4) is 11.5 Å². The minimum atomic E-state index is -2.92. The molecule has 0 bridgehead atoms. The Morgan fingerprint density at radius 1 is 1.38 bits per heavy atom. The van der Waals surface area contributed by atoms with Crippen LogP contribution < -0.4 is 14.8 Å². The molecule has 1 heterocycles. The molecule has 1 unspecified atom stereocenters. The van der Waals surface area contributed by atoms with Crippen molar-refractivity contribution in [3.63, 3.8) is 0 Å². The van der Waals surface area contributed by atoms with Gasteiger partial charge in [-0.3, -0.25) is 4.79 Å². The molecule has 1 aliphatic rings. The van der Waals surface area contributed by atoms with Crippen LogP contribution in [0.3, 0.4) is 0 Å². The van der Waals surface area contributed by atoms with Gasteiger partial charge in [0.15, 0.2) is 17.6 Å². The molecule has 1 N–H and O–H groups in total. The minimum Gasteiger partial charge on any atom is -0.493 e. The zero-order valence-corrected chi connectivity index (χ0v) is 11.9. The molecule has 5 nitrogen and oxygen atoms in total. The summed E-state index contributed by atoms with van der Waals surface area (Å²) in [5, 5.41) is 2.79. The number of hydrogen-bond donors (Lipinski definition) is 1. The number of ether oxygens (including phenoxy) is 3. The van der Waals surface area contributed by atoms with Gasteiger partial charge in [-0.1, -0.05) is 6.07 Å². The summed E-state index contributed by atoms with van der Waals surface area (Å²) in [4.78, 5) is 11.8. The molecule has 116 valence electrons. The average Bonchev–Trinajstić information content (AvgIpc) is 3.15. The van der Waals surface area contributed by atoms with E-state index in [2.05, 4.69) is 10.1 Å². The average molecular weight is 301 g/mol. The molecule has 2 rings (SSSR count). The summed E-state index contributed by atoms with van der Waals surface area (Å²) in [5.74, 6) is -0.0549. The van der Waals surface area contributed by atoms with Crippen molar-refractivity contribution in [2.24, 2.45) is 0 Å². The third-order valence-electron chi connectivity index (χ3n) is 3.23. The SMILES string of the molecule is COc1cc(C(C)NC(=O)[C@@H]2O[C@H]2C)ccc1OC(F)F. The Hall–Kier alpha value is -1.89. The monoisotopic (exact) mass is 301 g/mol. The van der Waals surface area contributed by atoms with Crippen LogP contribution in [0.1, 0.15) is 25.5 Å². The number of benzene rings is 1. The van der Waals surface area contributed by atoms with Gasteiger partial charge >= 0.3 is 6.61 Å². The van der Waals surface area contributed by atoms with E-state index in [0.717, 1.165) is 5.56 Å². The molecule has 21 heavy (non-hydrogen) atoms. The van der Waals surface area contributed by atoms with E-state index in [1.54, 1.807) is 19.1 Å². The second-order valence-corrected chi connectivity index (χ2v) is 4.78. The molecule has 0 saturated carbocycles. The lowest BCUT2D eigenvalue weighted by Crippen LogP contribution is -2.31. The highest BCUT2D eigenvalue weighted by atomic mass is 19.3. The largest absolute Gasteiger partial charge is 0.493 e. The van der Waals surface area contributed by atoms with Gasteiger partial charge in [-0.15, -0.1) is 0 Å². The molecule has 0 aliphatic carbocycles. The summed E-state index contributed by atoms with van der Waals surface area (Å²) in [6.07, 6.45) is -0.468. The summed E-state index contributed by atoms with van der Waals surface area (Å²) in [7, 11) is 1.36. The first-order valence-electron chi connectivity index (χ1n) is 6.51. The summed E-state index contributed by atoms with van der Waals surface area (Å²) in [5.41, 5.74) is 0.718. The van der Waals surface area contributed by atoms with E-state index in [1.165, 1.54) is 13.2 Å². The molecule has 1 aliphatic heterocycles. The van der Waals surface area contributed by atoms with Gasteiger partial charge in [0, 0.05) is 0 Å². The van der Waals surface area contributed by atoms with Crippen LogP contribution in [0, 0.1) is 0 Å². The van der Waals surface area contributed by atoms with Gasteiger partial charge in [-0.2, -0.15) is 8.78 Å². The molecule has 0 radical (unpaired) electrons. The van der Waals surface area contributed by atoms with Gasteiger partial charge in [-0.05, 0) is 31.5 Å². The lowest BCUT2D eigenvalue weighted by Gasteiger charge is -2.16. The van der Waals surface area contributed by atoms with Crippen molar-refractivity contribution in [2.75, 3.05) is 7.11 Å². The van der Waals surface area contributed by atoms with Crippen molar-refractivity contribution in [1.82, 2.24) is 5.32 Å². The van der Waals surface area contributed by atoms with E-state index in [4.69, 9.17) is 9.47 Å². The Bertz CT molecular complexity index is 524. The highest BCUT2D eigenvalue weighted by Gasteiger charge is 2.41. The lowest BCUT2D eigenvalue weighted by molar-refractivity contribution is -0.122. The molecule has 0 spiro atoms. The number of carbonyl (C=O) groups excluding carboxylic acids is 1. The number of epoxide rings is 1. The molecule has 1 aromatic rings. The van der Waals surface area contributed by atoms with E-state index >= 15 is 0 Å². The zero-order valence-electron chi connectivity index (χ0n) is 11.9. The van der Waals surface area contributed by atoms with Crippen LogP contribution in [0.4, 0.5) is 8.78 Å². The zero-order chi connectivity index (χ0) is 15.6. The standard InChI is InChI=1S/C14H17F2NO4/c1-7(17-13(18)12-8(2)20-12)9-4-5-10(21-14(15)16)11(6-9)19-3/h4-8,12,14H,1-3H3,(H,17,18)/t7?,8-,12+/m0/s1. The number of amides is 1. The van der Waals surface area contributed by atoms with Crippen molar-refractivity contribution >= 4 is 5.91 Å². The number of methoxy groups -OCH3 is 1. The topological polar surface area (TPSA) is 60.1 Å². The first-order chi connectivity index (χ1) is 9.92. The van der Waals surface area contributed by atoms with Crippen LogP contribution in [0.25, 0.3) is 0 Å². The van der Waals surface area contributed by atoms with Gasteiger partial charge < -0.3 is 19.5 Å². The third-order valence-corrected chi connectivity index (χ3v) is 3.23. The number of hydrogen-bond acceptors (Lipinski definition) is 4. The van der Waals surface area contributed by atoms with E-state index < -0.39 is 12.7 Å². The first-order valence-corrected chi connectivity index (χ1v) is 6.51. The fraction of sp³-hybridized carbons (Fsp3) is 0.500. The van der Waals surface area contributed by atoms with Gasteiger partial charge in [0.05, 0.1) is 19.3 Å². The molecule has 1 fully saturated rings. The summed E-state index contributed by atoms with van der Waals surface area (Å²) < 4.78 is 39.0. The molecule has 0 aromatic heterocycles. The Balaban J connectivity index is 2.06. The molecule has 1 aromatic carbocycles. The van der Waals surface area contributed by atoms with Crippen LogP contribution in [-0.4, -0.2) is 31.8 Å². The molecular weight excluding hydrogens is 284 g/mol. The quantitative estimate of drug-likeness (QED) is 0.819. The number of nitrogens with one attached hydrogen (secondary N) is 1. The van der Waals surface area contributed by atoms with E-state index in [9.17, 15) is 13.6 Å². The maximum Gasteiger partial charge on any atom is 0.387 e. The minimum absolute atomic E-state index is 0.0473. The lowest BCUT2D eigenvalue weighted by atomic mass is 10.1. The summed E-state index contributed by atoms with van der Waals surface area (Å²) in [6, 6.07) is 4.24. The summed E-state index contributed by atoms with van der Waals surface area (Å²) >= 11 is 0. The van der Waals surface area contributed by atoms with Crippen molar-refractivity contribution < 1.29 is 27.8 Å². The molecule has 3 atom stereocenters. The first kappa shape index (κ1) is 15.5. The molecular formula is C14H17F2NO4. The highest BCUT2D eigenvalue weighted by Crippen LogP contribution is 2.31. The van der Waals surface area contributed by atoms with Crippen molar-refractivity contribution in [1.29, 1.82) is 0 Å². The number of alkyl halides is 2. The molecule has 7 heteroatoms. The van der Waals surface area contributed by atoms with E-state index in [0.29, 0.717) is 0 Å². The molecule has 1 saturated heterocycles. The second-order valence-electron chi connectivity index (χ2n) is 4.78. The Morgan fingerprint density at radius 3 is 2.57 bits per heavy atom. The van der Waals surface area contributed by atoms with Crippen molar-refractivity contribution in [3.05, 3.63) is 23.8 Å². The number of halogens is 2. The van der Waals surface area contributed by atoms with Crippen LogP contribution in [0.15, 0.2) is 18.2 Å². The summed E-state index contributed by atoms with van der Waals surface area (Å²) in [6.45, 7) is 0.678. The molecule has 1 amide bonds. The van der Waals surface area contributed by atoms with Gasteiger partial charge in [0.2, 0.25) is 0 Å².